The van der Waals surface area contributed by atoms with Gasteiger partial charge in [0.05, 0.1) is 22.1 Å². The molecule has 0 amide bonds. The molecule has 4 heterocycles. The van der Waals surface area contributed by atoms with E-state index in [9.17, 15) is 0 Å². The Morgan fingerprint density at radius 3 is 1.26 bits per heavy atom. The molecular formula is C54H34BN3. The van der Waals surface area contributed by atoms with Gasteiger partial charge in [0.1, 0.15) is 0 Å². The molecule has 0 atom stereocenters. The first-order valence-electron chi connectivity index (χ1n) is 20.1. The predicted molar refractivity (Wildman–Crippen MR) is 245 cm³/mol. The topological polar surface area (TPSA) is 13.1 Å². The van der Waals surface area contributed by atoms with Gasteiger partial charge in [0.25, 0.3) is 0 Å². The van der Waals surface area contributed by atoms with E-state index in [1.54, 1.807) is 0 Å². The summed E-state index contributed by atoms with van der Waals surface area (Å²) in [6, 6.07) is 76.6. The van der Waals surface area contributed by atoms with E-state index < -0.39 is 0 Å². The van der Waals surface area contributed by atoms with Gasteiger partial charge in [0.15, 0.2) is 0 Å². The predicted octanol–water partition coefficient (Wildman–Crippen LogP) is 12.5. The smallest absolute Gasteiger partial charge is 0.329 e. The van der Waals surface area contributed by atoms with Crippen molar-refractivity contribution in [3.05, 3.63) is 206 Å². The lowest BCUT2D eigenvalue weighted by Crippen LogP contribution is -2.58. The lowest BCUT2D eigenvalue weighted by molar-refractivity contribution is 1.17. The second kappa shape index (κ2) is 12.0. The highest BCUT2D eigenvalue weighted by molar-refractivity contribution is 6.92. The van der Waals surface area contributed by atoms with Crippen molar-refractivity contribution in [3.8, 4) is 44.8 Å². The minimum atomic E-state index is -0.0699. The van der Waals surface area contributed by atoms with Crippen LogP contribution in [0.2, 0.25) is 0 Å². The highest BCUT2D eigenvalue weighted by Gasteiger charge is 2.41. The van der Waals surface area contributed by atoms with Crippen molar-refractivity contribution in [3.63, 3.8) is 0 Å². The summed E-state index contributed by atoms with van der Waals surface area (Å²) in [6.07, 6.45) is 0. The van der Waals surface area contributed by atoms with E-state index in [1.807, 2.05) is 0 Å². The van der Waals surface area contributed by atoms with Crippen LogP contribution < -0.4 is 15.7 Å². The van der Waals surface area contributed by atoms with E-state index in [4.69, 9.17) is 0 Å². The number of nitrogens with zero attached hydrogens (tertiary/aromatic N) is 3. The number of rotatable bonds is 2. The van der Waals surface area contributed by atoms with E-state index in [2.05, 4.69) is 220 Å². The minimum Gasteiger partial charge on any atom is -0.376 e. The maximum Gasteiger partial charge on any atom is 0.329 e. The van der Waals surface area contributed by atoms with Gasteiger partial charge >= 0.3 is 6.85 Å². The molecule has 2 aliphatic heterocycles. The third kappa shape index (κ3) is 4.29. The molecule has 0 bridgehead atoms. The van der Waals surface area contributed by atoms with Crippen LogP contribution in [0.1, 0.15) is 0 Å². The van der Waals surface area contributed by atoms with Gasteiger partial charge in [-0.2, -0.15) is 0 Å². The van der Waals surface area contributed by atoms with Crippen LogP contribution in [-0.2, 0) is 0 Å². The molecule has 3 nitrogen and oxygen atoms in total. The third-order valence-corrected chi connectivity index (χ3v) is 12.7. The third-order valence-electron chi connectivity index (χ3n) is 12.7. The molecule has 0 radical (unpaired) electrons. The Morgan fingerprint density at radius 1 is 0.276 bits per heavy atom. The fourth-order valence-electron chi connectivity index (χ4n) is 10.3. The standard InChI is InChI=1S/C54H34BN3/c1-2-16-38-37(15-1)39-17-3-9-23-47(39)55-48-31-29-35(56-49-24-10-4-19-41(49)42-20-5-11-25-50(42)56)33-45(48)46-34-36(30-32-54(46)58(55)53-28-14-8-18-40(38)53)57-51-26-12-6-21-43(51)44-22-7-13-27-52(44)57/h1-34H. The van der Waals surface area contributed by atoms with Gasteiger partial charge in [0, 0.05) is 55.4 Å². The number of hydrogen-bond donors (Lipinski definition) is 0. The molecule has 0 spiro atoms. The van der Waals surface area contributed by atoms with Gasteiger partial charge in [-0.25, -0.2) is 0 Å². The van der Waals surface area contributed by atoms with Gasteiger partial charge in [-0.15, -0.1) is 0 Å². The molecule has 2 aliphatic rings. The van der Waals surface area contributed by atoms with Crippen molar-refractivity contribution < 1.29 is 0 Å². The fraction of sp³-hybridized carbons (Fsp3) is 0. The van der Waals surface area contributed by atoms with Crippen molar-refractivity contribution >= 4 is 72.8 Å². The maximum atomic E-state index is 2.62. The van der Waals surface area contributed by atoms with Crippen LogP contribution in [0.5, 0.6) is 0 Å². The van der Waals surface area contributed by atoms with Crippen molar-refractivity contribution in [2.75, 3.05) is 4.81 Å². The van der Waals surface area contributed by atoms with Crippen LogP contribution in [0.4, 0.5) is 11.4 Å². The molecule has 0 fully saturated rings. The van der Waals surface area contributed by atoms with E-state index in [-0.39, 0.29) is 6.85 Å². The van der Waals surface area contributed by atoms with Crippen molar-refractivity contribution in [1.29, 1.82) is 0 Å². The largest absolute Gasteiger partial charge is 0.376 e. The average molecular weight is 736 g/mol. The Kier molecular flexibility index (Phi) is 6.53. The highest BCUT2D eigenvalue weighted by Crippen LogP contribution is 2.48. The first kappa shape index (κ1) is 31.6. The second-order valence-corrected chi connectivity index (χ2v) is 15.6. The zero-order chi connectivity index (χ0) is 37.9. The molecule has 2 aromatic heterocycles. The summed E-state index contributed by atoms with van der Waals surface area (Å²) >= 11 is 0. The van der Waals surface area contributed by atoms with E-state index in [1.165, 1.54) is 99.3 Å². The molecule has 58 heavy (non-hydrogen) atoms. The fourth-order valence-corrected chi connectivity index (χ4v) is 10.3. The Morgan fingerprint density at radius 2 is 0.672 bits per heavy atom. The summed E-state index contributed by atoms with van der Waals surface area (Å²) < 4.78 is 4.89. The lowest BCUT2D eigenvalue weighted by atomic mass is 9.44. The summed E-state index contributed by atoms with van der Waals surface area (Å²) in [5, 5.41) is 5.05. The number of benzene rings is 9. The molecule has 4 heteroatoms. The normalized spacial score (nSPS) is 12.8. The van der Waals surface area contributed by atoms with Gasteiger partial charge in [-0.3, -0.25) is 0 Å². The van der Waals surface area contributed by atoms with Crippen LogP contribution in [0.25, 0.3) is 88.4 Å². The quantitative estimate of drug-likeness (QED) is 0.161. The number of aromatic nitrogens is 2. The Bertz CT molecular complexity index is 3160. The average Bonchev–Trinajstić information content (AvgIpc) is 3.81. The van der Waals surface area contributed by atoms with Crippen molar-refractivity contribution in [2.24, 2.45) is 0 Å². The molecule has 11 aromatic rings. The van der Waals surface area contributed by atoms with Gasteiger partial charge in [-0.1, -0.05) is 146 Å². The first-order valence-corrected chi connectivity index (χ1v) is 20.1. The monoisotopic (exact) mass is 735 g/mol. The summed E-state index contributed by atoms with van der Waals surface area (Å²) in [5.74, 6) is 0. The zero-order valence-corrected chi connectivity index (χ0v) is 31.5. The highest BCUT2D eigenvalue weighted by atomic mass is 15.1. The molecule has 268 valence electrons. The van der Waals surface area contributed by atoms with Crippen LogP contribution in [0.15, 0.2) is 206 Å². The molecule has 0 aliphatic carbocycles. The summed E-state index contributed by atoms with van der Waals surface area (Å²) in [5.41, 5.74) is 19.6. The van der Waals surface area contributed by atoms with Crippen molar-refractivity contribution in [1.82, 2.24) is 9.13 Å². The Labute approximate surface area is 336 Å². The van der Waals surface area contributed by atoms with Crippen LogP contribution in [-0.4, -0.2) is 16.0 Å². The number of anilines is 2. The zero-order valence-electron chi connectivity index (χ0n) is 31.5. The lowest BCUT2D eigenvalue weighted by Gasteiger charge is -2.42. The summed E-state index contributed by atoms with van der Waals surface area (Å²) in [7, 11) is 0. The summed E-state index contributed by atoms with van der Waals surface area (Å²) in [4.78, 5) is 2.62. The Hall–Kier alpha value is -7.56. The SMILES string of the molecule is c1ccc2c(c1)B1c3ccc(-n4c5ccccc5c5ccccc54)cc3-c3cc(-n4c5ccccc5c5ccccc54)ccc3N1c1ccccc1-c1ccccc1-2. The van der Waals surface area contributed by atoms with Gasteiger partial charge in [0.2, 0.25) is 0 Å². The molecule has 13 rings (SSSR count). The number of para-hydroxylation sites is 5. The number of fused-ring (bicyclic) bond motifs is 19. The van der Waals surface area contributed by atoms with Crippen LogP contribution >= 0.6 is 0 Å². The molecule has 0 saturated heterocycles. The van der Waals surface area contributed by atoms with Crippen molar-refractivity contribution in [2.45, 2.75) is 0 Å². The maximum absolute atomic E-state index is 2.62. The number of hydrogen-bond acceptors (Lipinski definition) is 1. The first-order chi connectivity index (χ1) is 28.8. The minimum absolute atomic E-state index is 0.0699. The molecular weight excluding hydrogens is 701 g/mol. The van der Waals surface area contributed by atoms with Crippen LogP contribution in [0, 0.1) is 0 Å². The van der Waals surface area contributed by atoms with Gasteiger partial charge < -0.3 is 13.9 Å². The van der Waals surface area contributed by atoms with Crippen LogP contribution in [0.3, 0.4) is 0 Å². The molecule has 0 N–H and O–H groups in total. The summed E-state index contributed by atoms with van der Waals surface area (Å²) in [6.45, 7) is -0.0699. The second-order valence-electron chi connectivity index (χ2n) is 15.6. The van der Waals surface area contributed by atoms with E-state index >= 15 is 0 Å². The Balaban J connectivity index is 1.15. The molecule has 9 aromatic carbocycles. The molecule has 0 unspecified atom stereocenters. The van der Waals surface area contributed by atoms with Gasteiger partial charge in [-0.05, 0) is 93.8 Å². The van der Waals surface area contributed by atoms with E-state index in [0.717, 1.165) is 11.4 Å². The molecule has 0 saturated carbocycles. The van der Waals surface area contributed by atoms with E-state index in [0.29, 0.717) is 0 Å².